The van der Waals surface area contributed by atoms with Crippen molar-refractivity contribution in [1.29, 1.82) is 0 Å². The third kappa shape index (κ3) is 2.42. The zero-order valence-electron chi connectivity index (χ0n) is 12.1. The Morgan fingerprint density at radius 2 is 2.05 bits per heavy atom. The number of Topliss-reactive ketones (excluding diaryl/α,β-unsaturated/α-hetero) is 1. The van der Waals surface area contributed by atoms with E-state index in [2.05, 4.69) is 5.32 Å². The van der Waals surface area contributed by atoms with Crippen LogP contribution in [-0.2, 0) is 4.79 Å². The topological polar surface area (TPSA) is 102 Å². The van der Waals surface area contributed by atoms with Crippen molar-refractivity contribution in [3.05, 3.63) is 39.7 Å². The van der Waals surface area contributed by atoms with Crippen molar-refractivity contribution in [1.82, 2.24) is 0 Å². The molecule has 6 nitrogen and oxygen atoms in total. The van der Waals surface area contributed by atoms with Gasteiger partial charge in [0.2, 0.25) is 5.91 Å². The summed E-state index contributed by atoms with van der Waals surface area (Å²) in [6.07, 6.45) is 1.21. The van der Waals surface area contributed by atoms with Gasteiger partial charge < -0.3 is 15.5 Å². The van der Waals surface area contributed by atoms with Crippen molar-refractivity contribution in [2.24, 2.45) is 5.73 Å². The molecule has 6 heteroatoms. The Morgan fingerprint density at radius 3 is 2.82 bits per heavy atom. The second-order valence-corrected chi connectivity index (χ2v) is 5.52. The van der Waals surface area contributed by atoms with Crippen molar-refractivity contribution >= 4 is 28.3 Å². The van der Waals surface area contributed by atoms with Crippen LogP contribution in [0, 0.1) is 6.92 Å². The van der Waals surface area contributed by atoms with Crippen molar-refractivity contribution in [3.63, 3.8) is 0 Å². The summed E-state index contributed by atoms with van der Waals surface area (Å²) >= 11 is 0. The lowest BCUT2D eigenvalue weighted by molar-refractivity contribution is -0.117. The van der Waals surface area contributed by atoms with Crippen LogP contribution in [0.5, 0.6) is 0 Å². The first-order valence-corrected chi connectivity index (χ1v) is 7.14. The summed E-state index contributed by atoms with van der Waals surface area (Å²) < 4.78 is 5.25. The van der Waals surface area contributed by atoms with E-state index in [0.717, 1.165) is 5.56 Å². The summed E-state index contributed by atoms with van der Waals surface area (Å²) in [5.74, 6) is -0.506. The summed E-state index contributed by atoms with van der Waals surface area (Å²) in [6, 6.07) is 4.10. The van der Waals surface area contributed by atoms with Gasteiger partial charge in [-0.05, 0) is 37.5 Å². The van der Waals surface area contributed by atoms with Gasteiger partial charge in [0.15, 0.2) is 11.4 Å². The second-order valence-electron chi connectivity index (χ2n) is 5.52. The standard InChI is InChI=1S/C16H16N2O4/c1-8-7-13(20)22-15-9(8)5-6-11-14(15)12(19)4-2-3-10(17)16(21)18-11/h5-7,10H,2-4,17H2,1H3,(H,18,21). The maximum absolute atomic E-state index is 12.5. The van der Waals surface area contributed by atoms with Gasteiger partial charge in [-0.1, -0.05) is 0 Å². The lowest BCUT2D eigenvalue weighted by Gasteiger charge is -2.13. The number of hydrogen-bond acceptors (Lipinski definition) is 5. The number of amides is 1. The number of nitrogens with one attached hydrogen (secondary N) is 1. The van der Waals surface area contributed by atoms with E-state index < -0.39 is 11.7 Å². The maximum Gasteiger partial charge on any atom is 0.336 e. The lowest BCUT2D eigenvalue weighted by Crippen LogP contribution is -2.35. The number of ketones is 1. The first-order valence-electron chi connectivity index (χ1n) is 7.14. The molecule has 1 aromatic carbocycles. The van der Waals surface area contributed by atoms with Gasteiger partial charge in [0, 0.05) is 17.9 Å². The minimum atomic E-state index is -0.654. The normalized spacial score (nSPS) is 19.1. The van der Waals surface area contributed by atoms with E-state index in [9.17, 15) is 14.4 Å². The third-order valence-electron chi connectivity index (χ3n) is 3.91. The number of carbonyl (C=O) groups excluding carboxylic acids is 2. The van der Waals surface area contributed by atoms with E-state index in [-0.39, 0.29) is 29.3 Å². The predicted molar refractivity (Wildman–Crippen MR) is 82.0 cm³/mol. The third-order valence-corrected chi connectivity index (χ3v) is 3.91. The number of rotatable bonds is 0. The van der Waals surface area contributed by atoms with Crippen molar-refractivity contribution in [2.75, 3.05) is 5.32 Å². The average Bonchev–Trinajstić information content (AvgIpc) is 2.50. The van der Waals surface area contributed by atoms with Crippen molar-refractivity contribution in [2.45, 2.75) is 32.2 Å². The van der Waals surface area contributed by atoms with Crippen LogP contribution in [0.1, 0.15) is 35.2 Å². The number of hydrogen-bond donors (Lipinski definition) is 2. The van der Waals surface area contributed by atoms with Crippen LogP contribution in [0.3, 0.4) is 0 Å². The molecule has 3 rings (SSSR count). The molecule has 0 fully saturated rings. The molecule has 2 heterocycles. The van der Waals surface area contributed by atoms with E-state index in [4.69, 9.17) is 10.2 Å². The highest BCUT2D eigenvalue weighted by atomic mass is 16.4. The van der Waals surface area contributed by atoms with Gasteiger partial charge >= 0.3 is 5.63 Å². The summed E-state index contributed by atoms with van der Waals surface area (Å²) in [5.41, 5.74) is 6.81. The molecule has 22 heavy (non-hydrogen) atoms. The molecule has 1 amide bonds. The van der Waals surface area contributed by atoms with Gasteiger partial charge in [-0.2, -0.15) is 0 Å². The molecule has 1 unspecified atom stereocenters. The van der Waals surface area contributed by atoms with Gasteiger partial charge in [0.05, 0.1) is 17.3 Å². The van der Waals surface area contributed by atoms with E-state index in [0.29, 0.717) is 23.9 Å². The molecule has 1 aliphatic rings. The molecule has 1 atom stereocenters. The number of fused-ring (bicyclic) bond motifs is 3. The fourth-order valence-corrected chi connectivity index (χ4v) is 2.73. The van der Waals surface area contributed by atoms with Crippen LogP contribution in [-0.4, -0.2) is 17.7 Å². The van der Waals surface area contributed by atoms with Crippen LogP contribution in [0.2, 0.25) is 0 Å². The van der Waals surface area contributed by atoms with Crippen molar-refractivity contribution < 1.29 is 14.0 Å². The van der Waals surface area contributed by atoms with Crippen molar-refractivity contribution in [3.8, 4) is 0 Å². The summed E-state index contributed by atoms with van der Waals surface area (Å²) in [7, 11) is 0. The fourth-order valence-electron chi connectivity index (χ4n) is 2.73. The Morgan fingerprint density at radius 1 is 1.27 bits per heavy atom. The first kappa shape index (κ1) is 14.5. The Balaban J connectivity index is 2.30. The van der Waals surface area contributed by atoms with Crippen LogP contribution in [0.25, 0.3) is 11.0 Å². The Hall–Kier alpha value is -2.47. The lowest BCUT2D eigenvalue weighted by atomic mass is 9.99. The molecular weight excluding hydrogens is 284 g/mol. The van der Waals surface area contributed by atoms with Crippen LogP contribution in [0.15, 0.2) is 27.4 Å². The molecule has 0 bridgehead atoms. The van der Waals surface area contributed by atoms with E-state index in [1.54, 1.807) is 19.1 Å². The highest BCUT2D eigenvalue weighted by molar-refractivity contribution is 6.13. The summed E-state index contributed by atoms with van der Waals surface area (Å²) in [4.78, 5) is 36.2. The molecule has 0 saturated heterocycles. The van der Waals surface area contributed by atoms with Gasteiger partial charge in [-0.15, -0.1) is 0 Å². The number of benzene rings is 1. The molecule has 2 aromatic rings. The average molecular weight is 300 g/mol. The SMILES string of the molecule is Cc1cc(=O)oc2c3c(ccc12)NC(=O)C(N)CCCC3=O. The molecule has 114 valence electrons. The van der Waals surface area contributed by atoms with E-state index in [1.807, 2.05) is 0 Å². The van der Waals surface area contributed by atoms with Gasteiger partial charge in [0.1, 0.15) is 0 Å². The Bertz CT molecular complexity index is 838. The largest absolute Gasteiger partial charge is 0.422 e. The zero-order chi connectivity index (χ0) is 15.9. The monoisotopic (exact) mass is 300 g/mol. The second kappa shape index (κ2) is 5.38. The number of carbonyl (C=O) groups is 2. The minimum absolute atomic E-state index is 0.163. The Labute approximate surface area is 126 Å². The molecule has 0 saturated carbocycles. The minimum Gasteiger partial charge on any atom is -0.422 e. The number of nitrogens with two attached hydrogens (primary N) is 1. The molecule has 0 radical (unpaired) electrons. The first-order chi connectivity index (χ1) is 10.5. The van der Waals surface area contributed by atoms with Crippen LogP contribution in [0.4, 0.5) is 5.69 Å². The molecule has 3 N–H and O–H groups in total. The molecule has 0 spiro atoms. The number of aryl methyl sites for hydroxylation is 1. The fraction of sp³-hybridized carbons (Fsp3) is 0.312. The maximum atomic E-state index is 12.5. The van der Waals surface area contributed by atoms with Gasteiger partial charge in [0.25, 0.3) is 0 Å². The predicted octanol–water partition coefficient (Wildman–Crippen LogP) is 1.73. The van der Waals surface area contributed by atoms with Crippen LogP contribution < -0.4 is 16.7 Å². The summed E-state index contributed by atoms with van der Waals surface area (Å²) in [6.45, 7) is 1.78. The zero-order valence-corrected chi connectivity index (χ0v) is 12.1. The molecule has 0 aliphatic carbocycles. The smallest absolute Gasteiger partial charge is 0.336 e. The molecular formula is C16H16N2O4. The Kier molecular flexibility index (Phi) is 3.54. The molecule has 1 aliphatic heterocycles. The van der Waals surface area contributed by atoms with Gasteiger partial charge in [-0.25, -0.2) is 4.79 Å². The summed E-state index contributed by atoms with van der Waals surface area (Å²) in [5, 5.41) is 3.35. The highest BCUT2D eigenvalue weighted by Gasteiger charge is 2.24. The quantitative estimate of drug-likeness (QED) is 0.721. The number of anilines is 1. The highest BCUT2D eigenvalue weighted by Crippen LogP contribution is 2.30. The van der Waals surface area contributed by atoms with E-state index >= 15 is 0 Å². The molecule has 1 aromatic heterocycles. The van der Waals surface area contributed by atoms with E-state index in [1.165, 1.54) is 6.07 Å². The van der Waals surface area contributed by atoms with Gasteiger partial charge in [-0.3, -0.25) is 9.59 Å². The van der Waals surface area contributed by atoms with Crippen LogP contribution >= 0.6 is 0 Å².